The van der Waals surface area contributed by atoms with Crippen molar-refractivity contribution in [2.75, 3.05) is 5.32 Å². The zero-order valence-electron chi connectivity index (χ0n) is 13.2. The molecular weight excluding hydrogens is 361 g/mol. The van der Waals surface area contributed by atoms with E-state index in [1.165, 1.54) is 30.1 Å². The fourth-order valence-corrected chi connectivity index (χ4v) is 3.07. The molecular formula is C18H11F3N4S. The van der Waals surface area contributed by atoms with E-state index in [0.29, 0.717) is 21.3 Å². The van der Waals surface area contributed by atoms with Crippen LogP contribution in [0.1, 0.15) is 5.56 Å². The van der Waals surface area contributed by atoms with Gasteiger partial charge in [0.05, 0.1) is 5.56 Å². The van der Waals surface area contributed by atoms with Crippen molar-refractivity contribution in [3.05, 3.63) is 66.5 Å². The lowest BCUT2D eigenvalue weighted by Gasteiger charge is -2.09. The van der Waals surface area contributed by atoms with Crippen molar-refractivity contribution in [1.82, 2.24) is 9.97 Å². The number of aromatic nitrogens is 2. The summed E-state index contributed by atoms with van der Waals surface area (Å²) in [6.45, 7) is 0. The van der Waals surface area contributed by atoms with E-state index in [1.54, 1.807) is 30.5 Å². The molecule has 1 N–H and O–H groups in total. The number of benzene rings is 2. The van der Waals surface area contributed by atoms with Gasteiger partial charge in [-0.1, -0.05) is 23.9 Å². The number of nitrogens with one attached hydrogen (secondary N) is 1. The minimum atomic E-state index is -4.36. The molecule has 0 atom stereocenters. The average molecular weight is 372 g/mol. The second-order valence-electron chi connectivity index (χ2n) is 5.15. The first-order valence-corrected chi connectivity index (χ1v) is 8.20. The number of hydrogen-bond donors (Lipinski definition) is 1. The van der Waals surface area contributed by atoms with Gasteiger partial charge < -0.3 is 0 Å². The van der Waals surface area contributed by atoms with E-state index in [0.717, 1.165) is 17.7 Å². The summed E-state index contributed by atoms with van der Waals surface area (Å²) in [6, 6.07) is 12.0. The monoisotopic (exact) mass is 372 g/mol. The van der Waals surface area contributed by atoms with Crippen molar-refractivity contribution < 1.29 is 13.2 Å². The fraction of sp³-hybridized carbons (Fsp3) is 0.0556. The molecule has 0 unspecified atom stereocenters. The summed E-state index contributed by atoms with van der Waals surface area (Å²) in [6.07, 6.45) is 0.558. The zero-order valence-corrected chi connectivity index (χ0v) is 14.0. The van der Waals surface area contributed by atoms with Crippen LogP contribution < -0.4 is 5.32 Å². The number of alkyl halides is 3. The van der Waals surface area contributed by atoms with Crippen LogP contribution in [0.25, 0.3) is 11.3 Å². The van der Waals surface area contributed by atoms with Crippen LogP contribution in [-0.4, -0.2) is 9.97 Å². The smallest absolute Gasteiger partial charge is 0.293 e. The summed E-state index contributed by atoms with van der Waals surface area (Å²) in [5.74, 6) is 0. The van der Waals surface area contributed by atoms with Crippen LogP contribution in [0, 0.1) is 11.5 Å². The summed E-state index contributed by atoms with van der Waals surface area (Å²) in [5.41, 5.74) is 1.36. The van der Waals surface area contributed by atoms with Crippen molar-refractivity contribution in [2.45, 2.75) is 16.1 Å². The highest BCUT2D eigenvalue weighted by Crippen LogP contribution is 2.35. The summed E-state index contributed by atoms with van der Waals surface area (Å²) in [7, 11) is 0. The summed E-state index contributed by atoms with van der Waals surface area (Å²) >= 11 is 1.23. The molecule has 0 aliphatic rings. The lowest BCUT2D eigenvalue weighted by atomic mass is 10.1. The van der Waals surface area contributed by atoms with Gasteiger partial charge in [0, 0.05) is 28.5 Å². The van der Waals surface area contributed by atoms with Gasteiger partial charge in [0.25, 0.3) is 0 Å². The van der Waals surface area contributed by atoms with E-state index in [1.807, 2.05) is 6.19 Å². The van der Waals surface area contributed by atoms with Gasteiger partial charge in [-0.2, -0.15) is 18.4 Å². The van der Waals surface area contributed by atoms with E-state index in [2.05, 4.69) is 15.3 Å². The van der Waals surface area contributed by atoms with Crippen molar-refractivity contribution >= 4 is 17.4 Å². The van der Waals surface area contributed by atoms with Crippen LogP contribution in [0.15, 0.2) is 70.8 Å². The van der Waals surface area contributed by atoms with Crippen LogP contribution in [0.5, 0.6) is 0 Å². The van der Waals surface area contributed by atoms with E-state index in [4.69, 9.17) is 5.26 Å². The molecule has 0 aliphatic carbocycles. The third kappa shape index (κ3) is 4.13. The maximum absolute atomic E-state index is 12.7. The van der Waals surface area contributed by atoms with Gasteiger partial charge in [0.15, 0.2) is 6.19 Å². The summed E-state index contributed by atoms with van der Waals surface area (Å²) in [4.78, 5) is 9.25. The number of halogens is 3. The molecule has 3 rings (SSSR count). The quantitative estimate of drug-likeness (QED) is 0.503. The summed E-state index contributed by atoms with van der Waals surface area (Å²) in [5, 5.41) is 11.7. The lowest BCUT2D eigenvalue weighted by molar-refractivity contribution is -0.137. The highest BCUT2D eigenvalue weighted by atomic mass is 32.2. The van der Waals surface area contributed by atoms with Gasteiger partial charge in [-0.05, 0) is 36.4 Å². The zero-order chi connectivity index (χ0) is 18.6. The molecule has 4 nitrogen and oxygen atoms in total. The van der Waals surface area contributed by atoms with Crippen LogP contribution in [-0.2, 0) is 6.18 Å². The Balaban J connectivity index is 1.87. The Hall–Kier alpha value is -3.05. The molecule has 0 saturated carbocycles. The maximum Gasteiger partial charge on any atom is 0.416 e. The number of nitriles is 1. The standard InChI is InChI=1S/C18H11F3N4S/c19-18(20,21)13-3-7-15(8-4-13)26-17-16(23-9-10-24-17)12-1-5-14(6-2-12)25-11-22/h1-10,25H. The molecule has 130 valence electrons. The minimum absolute atomic E-state index is 0.577. The first-order chi connectivity index (χ1) is 12.5. The predicted molar refractivity (Wildman–Crippen MR) is 92.3 cm³/mol. The van der Waals surface area contributed by atoms with Gasteiger partial charge in [0.2, 0.25) is 0 Å². The van der Waals surface area contributed by atoms with Gasteiger partial charge in [-0.3, -0.25) is 10.3 Å². The van der Waals surface area contributed by atoms with E-state index < -0.39 is 11.7 Å². The molecule has 0 amide bonds. The number of rotatable bonds is 4. The Morgan fingerprint density at radius 2 is 1.58 bits per heavy atom. The van der Waals surface area contributed by atoms with Gasteiger partial charge >= 0.3 is 6.18 Å². The largest absolute Gasteiger partial charge is 0.416 e. The van der Waals surface area contributed by atoms with E-state index in [-0.39, 0.29) is 0 Å². The fourth-order valence-electron chi connectivity index (χ4n) is 2.20. The van der Waals surface area contributed by atoms with Crippen LogP contribution in [0.3, 0.4) is 0 Å². The number of anilines is 1. The molecule has 3 aromatic rings. The molecule has 0 aliphatic heterocycles. The third-order valence-corrected chi connectivity index (χ3v) is 4.42. The Bertz CT molecular complexity index is 932. The Labute approximate surface area is 151 Å². The molecule has 26 heavy (non-hydrogen) atoms. The average Bonchev–Trinajstić information content (AvgIpc) is 2.63. The molecule has 0 saturated heterocycles. The van der Waals surface area contributed by atoms with E-state index in [9.17, 15) is 13.2 Å². The normalized spacial score (nSPS) is 11.0. The predicted octanol–water partition coefficient (Wildman–Crippen LogP) is 5.21. The lowest BCUT2D eigenvalue weighted by Crippen LogP contribution is -2.03. The van der Waals surface area contributed by atoms with Crippen molar-refractivity contribution in [2.24, 2.45) is 0 Å². The molecule has 0 fully saturated rings. The molecule has 1 heterocycles. The van der Waals surface area contributed by atoms with Gasteiger partial charge in [-0.15, -0.1) is 0 Å². The Morgan fingerprint density at radius 1 is 0.923 bits per heavy atom. The van der Waals surface area contributed by atoms with Crippen LogP contribution in [0.4, 0.5) is 18.9 Å². The summed E-state index contributed by atoms with van der Waals surface area (Å²) < 4.78 is 38.0. The van der Waals surface area contributed by atoms with Gasteiger partial charge in [-0.25, -0.2) is 4.98 Å². The molecule has 0 spiro atoms. The van der Waals surface area contributed by atoms with Gasteiger partial charge in [0.1, 0.15) is 10.7 Å². The number of hydrogen-bond acceptors (Lipinski definition) is 5. The van der Waals surface area contributed by atoms with Crippen LogP contribution >= 0.6 is 11.8 Å². The minimum Gasteiger partial charge on any atom is -0.293 e. The number of nitrogens with zero attached hydrogens (tertiary/aromatic N) is 3. The maximum atomic E-state index is 12.7. The van der Waals surface area contributed by atoms with Crippen molar-refractivity contribution in [1.29, 1.82) is 5.26 Å². The SMILES string of the molecule is N#CNc1ccc(-c2nccnc2Sc2ccc(C(F)(F)F)cc2)cc1. The van der Waals surface area contributed by atoms with Crippen molar-refractivity contribution in [3.63, 3.8) is 0 Å². The highest BCUT2D eigenvalue weighted by molar-refractivity contribution is 7.99. The third-order valence-electron chi connectivity index (χ3n) is 3.42. The first kappa shape index (κ1) is 17.8. The Kier molecular flexibility index (Phi) is 5.09. The van der Waals surface area contributed by atoms with Crippen molar-refractivity contribution in [3.8, 4) is 17.5 Å². The molecule has 8 heteroatoms. The van der Waals surface area contributed by atoms with E-state index >= 15 is 0 Å². The molecule has 2 aromatic carbocycles. The second kappa shape index (κ2) is 7.45. The highest BCUT2D eigenvalue weighted by Gasteiger charge is 2.30. The second-order valence-corrected chi connectivity index (χ2v) is 6.21. The first-order valence-electron chi connectivity index (χ1n) is 7.39. The Morgan fingerprint density at radius 3 is 2.19 bits per heavy atom. The molecule has 1 aromatic heterocycles. The topological polar surface area (TPSA) is 61.6 Å². The molecule has 0 radical (unpaired) electrons. The molecule has 0 bridgehead atoms. The van der Waals surface area contributed by atoms with Crippen LogP contribution in [0.2, 0.25) is 0 Å².